The van der Waals surface area contributed by atoms with E-state index < -0.39 is 0 Å². The van der Waals surface area contributed by atoms with Crippen LogP contribution in [0.2, 0.25) is 0 Å². The lowest BCUT2D eigenvalue weighted by molar-refractivity contribution is 0.296. The molecule has 7 heteroatoms. The van der Waals surface area contributed by atoms with Gasteiger partial charge in [-0.05, 0) is 33.6 Å². The molecule has 3 rings (SSSR count). The highest BCUT2D eigenvalue weighted by Crippen LogP contribution is 2.38. The molecule has 0 atom stereocenters. The lowest BCUT2D eigenvalue weighted by atomic mass is 10.2. The first-order valence-electron chi connectivity index (χ1n) is 6.87. The maximum absolute atomic E-state index is 5.72. The van der Waals surface area contributed by atoms with E-state index in [-0.39, 0.29) is 0 Å². The second-order valence-electron chi connectivity index (χ2n) is 4.73. The number of aromatic nitrogens is 2. The third-order valence-corrected chi connectivity index (χ3v) is 3.71. The highest BCUT2D eigenvalue weighted by Gasteiger charge is 2.15. The number of hydrogen-bond acceptors (Lipinski definition) is 6. The van der Waals surface area contributed by atoms with Crippen LogP contribution < -0.4 is 14.8 Å². The zero-order valence-electron chi connectivity index (χ0n) is 11.5. The Labute approximate surface area is 131 Å². The Morgan fingerprint density at radius 2 is 2.14 bits per heavy atom. The predicted molar refractivity (Wildman–Crippen MR) is 79.5 cm³/mol. The van der Waals surface area contributed by atoms with Gasteiger partial charge in [0.1, 0.15) is 0 Å². The zero-order chi connectivity index (χ0) is 14.5. The lowest BCUT2D eigenvalue weighted by Gasteiger charge is -2.12. The molecule has 2 aromatic rings. The summed E-state index contributed by atoms with van der Waals surface area (Å²) < 4.78 is 17.0. The summed E-state index contributed by atoms with van der Waals surface area (Å²) in [5.74, 6) is 2.31. The van der Waals surface area contributed by atoms with Crippen LogP contribution in [0.25, 0.3) is 0 Å². The SMILES string of the molecule is Brc1cc(CNCCc2ncon2)cc2c1OCCCO2. The van der Waals surface area contributed by atoms with Gasteiger partial charge >= 0.3 is 0 Å². The van der Waals surface area contributed by atoms with E-state index in [2.05, 4.69) is 37.5 Å². The Morgan fingerprint density at radius 3 is 3.00 bits per heavy atom. The Bertz CT molecular complexity index is 589. The first-order valence-corrected chi connectivity index (χ1v) is 7.66. The van der Waals surface area contributed by atoms with Gasteiger partial charge in [-0.2, -0.15) is 4.98 Å². The third kappa shape index (κ3) is 3.74. The maximum Gasteiger partial charge on any atom is 0.213 e. The summed E-state index contributed by atoms with van der Waals surface area (Å²) in [4.78, 5) is 3.98. The number of rotatable bonds is 5. The molecule has 0 aliphatic carbocycles. The van der Waals surface area contributed by atoms with Crippen LogP contribution in [-0.2, 0) is 13.0 Å². The van der Waals surface area contributed by atoms with Gasteiger partial charge in [-0.25, -0.2) is 0 Å². The second kappa shape index (κ2) is 6.91. The maximum atomic E-state index is 5.72. The van der Waals surface area contributed by atoms with Crippen LogP contribution in [-0.4, -0.2) is 29.9 Å². The molecule has 0 spiro atoms. The van der Waals surface area contributed by atoms with Gasteiger partial charge in [-0.1, -0.05) is 5.16 Å². The molecule has 6 nitrogen and oxygen atoms in total. The number of halogens is 1. The highest BCUT2D eigenvalue weighted by atomic mass is 79.9. The fourth-order valence-corrected chi connectivity index (χ4v) is 2.73. The van der Waals surface area contributed by atoms with Gasteiger partial charge in [0.2, 0.25) is 6.39 Å². The number of nitrogens with zero attached hydrogens (tertiary/aromatic N) is 2. The average molecular weight is 354 g/mol. The summed E-state index contributed by atoms with van der Waals surface area (Å²) in [5, 5.41) is 7.12. The van der Waals surface area contributed by atoms with Crippen molar-refractivity contribution >= 4 is 15.9 Å². The smallest absolute Gasteiger partial charge is 0.213 e. The molecule has 0 fully saturated rings. The van der Waals surface area contributed by atoms with Crippen molar-refractivity contribution in [1.82, 2.24) is 15.5 Å². The number of hydrogen-bond donors (Lipinski definition) is 1. The summed E-state index contributed by atoms with van der Waals surface area (Å²) in [7, 11) is 0. The molecule has 1 aliphatic rings. The molecule has 0 amide bonds. The van der Waals surface area contributed by atoms with Crippen molar-refractivity contribution in [3.05, 3.63) is 34.4 Å². The molecule has 1 aromatic heterocycles. The fraction of sp³-hybridized carbons (Fsp3) is 0.429. The van der Waals surface area contributed by atoms with Crippen LogP contribution in [0, 0.1) is 0 Å². The van der Waals surface area contributed by atoms with E-state index in [1.165, 1.54) is 6.39 Å². The summed E-state index contributed by atoms with van der Waals surface area (Å²) in [5.41, 5.74) is 1.14. The van der Waals surface area contributed by atoms with Gasteiger partial charge < -0.3 is 19.3 Å². The number of fused-ring (bicyclic) bond motifs is 1. The molecule has 0 saturated carbocycles. The average Bonchev–Trinajstić information content (AvgIpc) is 2.87. The minimum atomic E-state index is 0.688. The van der Waals surface area contributed by atoms with E-state index in [1.54, 1.807) is 0 Å². The predicted octanol–water partition coefficient (Wildman–Crippen LogP) is 2.33. The molecule has 1 aliphatic heterocycles. The van der Waals surface area contributed by atoms with Gasteiger partial charge in [0.15, 0.2) is 17.3 Å². The van der Waals surface area contributed by atoms with Gasteiger partial charge in [0.25, 0.3) is 0 Å². The minimum Gasteiger partial charge on any atom is -0.490 e. The molecule has 0 bridgehead atoms. The monoisotopic (exact) mass is 353 g/mol. The van der Waals surface area contributed by atoms with E-state index >= 15 is 0 Å². The molecule has 1 aromatic carbocycles. The Morgan fingerprint density at radius 1 is 1.24 bits per heavy atom. The standard InChI is InChI=1S/C14H16BrN3O3/c15-11-6-10(7-12-14(11)20-5-1-4-19-12)8-16-3-2-13-17-9-21-18-13/h6-7,9,16H,1-5,8H2. The van der Waals surface area contributed by atoms with E-state index in [0.29, 0.717) is 19.0 Å². The molecular formula is C14H16BrN3O3. The van der Waals surface area contributed by atoms with Crippen LogP contribution in [0.3, 0.4) is 0 Å². The lowest BCUT2D eigenvalue weighted by Crippen LogP contribution is -2.17. The summed E-state index contributed by atoms with van der Waals surface area (Å²) in [6.07, 6.45) is 2.98. The Hall–Kier alpha value is -1.60. The van der Waals surface area contributed by atoms with Crippen LogP contribution in [0.15, 0.2) is 27.5 Å². The molecule has 0 saturated heterocycles. The van der Waals surface area contributed by atoms with Gasteiger partial charge in [-0.3, -0.25) is 0 Å². The van der Waals surface area contributed by atoms with Crippen molar-refractivity contribution in [3.8, 4) is 11.5 Å². The van der Waals surface area contributed by atoms with Crippen molar-refractivity contribution in [2.75, 3.05) is 19.8 Å². The van der Waals surface area contributed by atoms with Gasteiger partial charge in [0, 0.05) is 25.9 Å². The van der Waals surface area contributed by atoms with Crippen molar-refractivity contribution in [2.24, 2.45) is 0 Å². The van der Waals surface area contributed by atoms with Crippen molar-refractivity contribution in [1.29, 1.82) is 0 Å². The third-order valence-electron chi connectivity index (χ3n) is 3.12. The normalized spacial score (nSPS) is 14.0. The minimum absolute atomic E-state index is 0.688. The van der Waals surface area contributed by atoms with Crippen molar-refractivity contribution < 1.29 is 14.0 Å². The molecule has 0 radical (unpaired) electrons. The number of ether oxygens (including phenoxy) is 2. The summed E-state index contributed by atoms with van der Waals surface area (Å²) in [6, 6.07) is 4.07. The first kappa shape index (κ1) is 14.3. The molecule has 112 valence electrons. The van der Waals surface area contributed by atoms with Gasteiger partial charge in [0.05, 0.1) is 17.7 Å². The molecule has 2 heterocycles. The number of nitrogens with one attached hydrogen (secondary N) is 1. The largest absolute Gasteiger partial charge is 0.490 e. The first-order chi connectivity index (χ1) is 10.3. The molecule has 1 N–H and O–H groups in total. The van der Waals surface area contributed by atoms with Crippen LogP contribution in [0.4, 0.5) is 0 Å². The highest BCUT2D eigenvalue weighted by molar-refractivity contribution is 9.10. The number of benzene rings is 1. The second-order valence-corrected chi connectivity index (χ2v) is 5.58. The van der Waals surface area contributed by atoms with Crippen LogP contribution >= 0.6 is 15.9 Å². The zero-order valence-corrected chi connectivity index (χ0v) is 13.1. The van der Waals surface area contributed by atoms with Crippen molar-refractivity contribution in [3.63, 3.8) is 0 Å². The van der Waals surface area contributed by atoms with E-state index in [4.69, 9.17) is 14.0 Å². The summed E-state index contributed by atoms with van der Waals surface area (Å²) >= 11 is 3.54. The van der Waals surface area contributed by atoms with Gasteiger partial charge in [-0.15, -0.1) is 0 Å². The van der Waals surface area contributed by atoms with E-state index in [0.717, 1.165) is 47.5 Å². The Kier molecular flexibility index (Phi) is 4.72. The van der Waals surface area contributed by atoms with Crippen LogP contribution in [0.5, 0.6) is 11.5 Å². The molecule has 0 unspecified atom stereocenters. The quantitative estimate of drug-likeness (QED) is 0.832. The fourth-order valence-electron chi connectivity index (χ4n) is 2.12. The molecule has 21 heavy (non-hydrogen) atoms. The molecular weight excluding hydrogens is 338 g/mol. The van der Waals surface area contributed by atoms with Crippen LogP contribution in [0.1, 0.15) is 17.8 Å². The topological polar surface area (TPSA) is 69.4 Å². The Balaban J connectivity index is 1.58. The van der Waals surface area contributed by atoms with E-state index in [1.807, 2.05) is 6.07 Å². The van der Waals surface area contributed by atoms with E-state index in [9.17, 15) is 0 Å². The summed E-state index contributed by atoms with van der Waals surface area (Å²) in [6.45, 7) is 2.90. The van der Waals surface area contributed by atoms with Crippen molar-refractivity contribution in [2.45, 2.75) is 19.4 Å².